The zero-order valence-electron chi connectivity index (χ0n) is 15.7. The maximum absolute atomic E-state index is 12.8. The number of carbonyl (C=O) groups is 2. The van der Waals surface area contributed by atoms with Crippen molar-refractivity contribution in [1.29, 1.82) is 0 Å². The monoisotopic (exact) mass is 382 g/mol. The van der Waals surface area contributed by atoms with Gasteiger partial charge >= 0.3 is 5.97 Å². The van der Waals surface area contributed by atoms with Gasteiger partial charge in [-0.05, 0) is 37.4 Å². The molecule has 28 heavy (non-hydrogen) atoms. The second kappa shape index (κ2) is 7.47. The Morgan fingerprint density at radius 3 is 2.43 bits per heavy atom. The molecular weight excluding hydrogens is 360 g/mol. The maximum atomic E-state index is 12.8. The van der Waals surface area contributed by atoms with Crippen molar-refractivity contribution in [2.75, 3.05) is 51.3 Å². The molecule has 2 aromatic rings. The van der Waals surface area contributed by atoms with E-state index in [0.717, 1.165) is 18.8 Å². The average molecular weight is 382 g/mol. The van der Waals surface area contributed by atoms with Gasteiger partial charge in [0.15, 0.2) is 11.6 Å². The van der Waals surface area contributed by atoms with Crippen LogP contribution in [0.2, 0.25) is 0 Å². The molecule has 1 amide bonds. The molecule has 146 valence electrons. The molecule has 0 radical (unpaired) electrons. The summed E-state index contributed by atoms with van der Waals surface area (Å²) in [6.45, 7) is 4.19. The van der Waals surface area contributed by atoms with Crippen LogP contribution in [-0.2, 0) is 0 Å². The van der Waals surface area contributed by atoms with E-state index in [4.69, 9.17) is 9.84 Å². The number of rotatable bonds is 3. The van der Waals surface area contributed by atoms with Crippen molar-refractivity contribution < 1.29 is 19.4 Å². The average Bonchev–Trinajstić information content (AvgIpc) is 2.73. The van der Waals surface area contributed by atoms with Crippen LogP contribution in [0.25, 0.3) is 0 Å². The smallest absolute Gasteiger partial charge is 0.335 e. The minimum Gasteiger partial charge on any atom is -0.488 e. The van der Waals surface area contributed by atoms with Gasteiger partial charge in [-0.15, -0.1) is 0 Å². The van der Waals surface area contributed by atoms with Gasteiger partial charge in [0, 0.05) is 38.1 Å². The molecule has 3 heterocycles. The minimum absolute atomic E-state index is 0.0325. The summed E-state index contributed by atoms with van der Waals surface area (Å²) in [7, 11) is 2.05. The lowest BCUT2D eigenvalue weighted by molar-refractivity contribution is 0.0661. The van der Waals surface area contributed by atoms with Gasteiger partial charge in [0.05, 0.1) is 17.7 Å². The number of carboxylic acid groups (broad SMARTS) is 1. The molecule has 1 fully saturated rings. The number of ether oxygens (including phenoxy) is 1. The van der Waals surface area contributed by atoms with Gasteiger partial charge in [0.1, 0.15) is 6.61 Å². The SMILES string of the molecule is CN1CCN(C(=O)c2cnc3c(c2)OCCN3c2ccc(C(=O)O)cc2)CC1. The number of carboxylic acids is 1. The standard InChI is InChI=1S/C20H22N4O4/c1-22-6-8-23(9-7-22)19(25)15-12-17-18(21-13-15)24(10-11-28-17)16-4-2-14(3-5-16)20(26)27/h2-5,12-13H,6-11H2,1H3,(H,26,27). The van der Waals surface area contributed by atoms with E-state index < -0.39 is 5.97 Å². The van der Waals surface area contributed by atoms with Crippen LogP contribution in [0.3, 0.4) is 0 Å². The highest BCUT2D eigenvalue weighted by Gasteiger charge is 2.25. The molecule has 2 aliphatic heterocycles. The molecule has 8 heteroatoms. The van der Waals surface area contributed by atoms with Gasteiger partial charge in [0.25, 0.3) is 5.91 Å². The minimum atomic E-state index is -0.959. The first-order chi connectivity index (χ1) is 13.5. The third-order valence-corrected chi connectivity index (χ3v) is 5.12. The van der Waals surface area contributed by atoms with Gasteiger partial charge in [-0.1, -0.05) is 0 Å². The fourth-order valence-corrected chi connectivity index (χ4v) is 3.44. The Bertz CT molecular complexity index is 892. The Morgan fingerprint density at radius 2 is 1.75 bits per heavy atom. The van der Waals surface area contributed by atoms with Crippen LogP contribution in [0.5, 0.6) is 5.75 Å². The number of carbonyl (C=O) groups excluding carboxylic acids is 1. The van der Waals surface area contributed by atoms with E-state index in [1.54, 1.807) is 36.5 Å². The lowest BCUT2D eigenvalue weighted by Crippen LogP contribution is -2.47. The first-order valence-corrected chi connectivity index (χ1v) is 9.24. The highest BCUT2D eigenvalue weighted by Crippen LogP contribution is 2.35. The molecule has 0 spiro atoms. The molecule has 0 aliphatic carbocycles. The van der Waals surface area contributed by atoms with Crippen LogP contribution in [0.4, 0.5) is 11.5 Å². The Hall–Kier alpha value is -3.13. The molecule has 0 saturated carbocycles. The molecule has 1 saturated heterocycles. The number of hydrogen-bond acceptors (Lipinski definition) is 6. The summed E-state index contributed by atoms with van der Waals surface area (Å²) >= 11 is 0. The summed E-state index contributed by atoms with van der Waals surface area (Å²) in [5.74, 6) is 0.201. The fraction of sp³-hybridized carbons (Fsp3) is 0.350. The topological polar surface area (TPSA) is 86.2 Å². The maximum Gasteiger partial charge on any atom is 0.335 e. The first-order valence-electron chi connectivity index (χ1n) is 9.24. The Balaban J connectivity index is 1.57. The molecule has 8 nitrogen and oxygen atoms in total. The summed E-state index contributed by atoms with van der Waals surface area (Å²) in [6, 6.07) is 8.39. The van der Waals surface area contributed by atoms with Crippen LogP contribution < -0.4 is 9.64 Å². The number of piperazine rings is 1. The molecule has 4 rings (SSSR count). The van der Waals surface area contributed by atoms with Crippen molar-refractivity contribution in [3.05, 3.63) is 47.7 Å². The normalized spacial score (nSPS) is 17.0. The number of aromatic carboxylic acids is 1. The molecule has 0 atom stereocenters. The third-order valence-electron chi connectivity index (χ3n) is 5.12. The van der Waals surface area contributed by atoms with Crippen LogP contribution in [0.15, 0.2) is 36.5 Å². The highest BCUT2D eigenvalue weighted by molar-refractivity contribution is 5.95. The lowest BCUT2D eigenvalue weighted by Gasteiger charge is -2.33. The number of fused-ring (bicyclic) bond motifs is 1. The molecule has 1 aromatic carbocycles. The predicted molar refractivity (Wildman–Crippen MR) is 104 cm³/mol. The zero-order valence-corrected chi connectivity index (χ0v) is 15.7. The number of pyridine rings is 1. The van der Waals surface area contributed by atoms with Gasteiger partial charge < -0.3 is 24.5 Å². The van der Waals surface area contributed by atoms with Gasteiger partial charge in [-0.3, -0.25) is 4.79 Å². The first kappa shape index (κ1) is 18.2. The lowest BCUT2D eigenvalue weighted by atomic mass is 10.1. The number of nitrogens with zero attached hydrogens (tertiary/aromatic N) is 4. The highest BCUT2D eigenvalue weighted by atomic mass is 16.5. The van der Waals surface area contributed by atoms with Gasteiger partial charge in [-0.25, -0.2) is 9.78 Å². The van der Waals surface area contributed by atoms with E-state index >= 15 is 0 Å². The van der Waals surface area contributed by atoms with Crippen molar-refractivity contribution >= 4 is 23.4 Å². The molecule has 0 bridgehead atoms. The van der Waals surface area contributed by atoms with Gasteiger partial charge in [0.2, 0.25) is 0 Å². The van der Waals surface area contributed by atoms with Crippen LogP contribution in [-0.4, -0.2) is 78.1 Å². The van der Waals surface area contributed by atoms with E-state index in [0.29, 0.717) is 43.4 Å². The van der Waals surface area contributed by atoms with Crippen LogP contribution in [0, 0.1) is 0 Å². The van der Waals surface area contributed by atoms with Gasteiger partial charge in [-0.2, -0.15) is 0 Å². The number of hydrogen-bond donors (Lipinski definition) is 1. The van der Waals surface area contributed by atoms with E-state index in [1.807, 2.05) is 16.8 Å². The molecule has 1 N–H and O–H groups in total. The number of benzene rings is 1. The largest absolute Gasteiger partial charge is 0.488 e. The third kappa shape index (κ3) is 3.50. The van der Waals surface area contributed by atoms with Crippen LogP contribution in [0.1, 0.15) is 20.7 Å². The van der Waals surface area contributed by atoms with Crippen molar-refractivity contribution in [1.82, 2.24) is 14.8 Å². The Morgan fingerprint density at radius 1 is 1.04 bits per heavy atom. The Labute approximate surface area is 162 Å². The van der Waals surface area contributed by atoms with E-state index in [-0.39, 0.29) is 11.5 Å². The van der Waals surface area contributed by atoms with E-state index in [9.17, 15) is 9.59 Å². The van der Waals surface area contributed by atoms with Crippen molar-refractivity contribution in [3.63, 3.8) is 0 Å². The summed E-state index contributed by atoms with van der Waals surface area (Å²) in [5.41, 5.74) is 1.59. The van der Waals surface area contributed by atoms with Crippen molar-refractivity contribution in [3.8, 4) is 5.75 Å². The summed E-state index contributed by atoms with van der Waals surface area (Å²) in [5, 5.41) is 9.06. The number of anilines is 2. The molecule has 0 unspecified atom stereocenters. The number of aromatic nitrogens is 1. The quantitative estimate of drug-likeness (QED) is 0.865. The van der Waals surface area contributed by atoms with E-state index in [1.165, 1.54) is 0 Å². The molecule has 2 aliphatic rings. The van der Waals surface area contributed by atoms with E-state index in [2.05, 4.69) is 9.88 Å². The second-order valence-corrected chi connectivity index (χ2v) is 6.99. The fourth-order valence-electron chi connectivity index (χ4n) is 3.44. The zero-order chi connectivity index (χ0) is 19.7. The second-order valence-electron chi connectivity index (χ2n) is 6.99. The summed E-state index contributed by atoms with van der Waals surface area (Å²) in [6.07, 6.45) is 1.59. The number of amides is 1. The van der Waals surface area contributed by atoms with Crippen molar-refractivity contribution in [2.24, 2.45) is 0 Å². The van der Waals surface area contributed by atoms with Crippen LogP contribution >= 0.6 is 0 Å². The number of likely N-dealkylation sites (N-methyl/N-ethyl adjacent to an activating group) is 1. The summed E-state index contributed by atoms with van der Waals surface area (Å²) in [4.78, 5) is 34.3. The predicted octanol–water partition coefficient (Wildman–Crippen LogP) is 1.70. The Kier molecular flexibility index (Phi) is 4.87. The summed E-state index contributed by atoms with van der Waals surface area (Å²) < 4.78 is 5.76. The molecule has 1 aromatic heterocycles. The molecular formula is C20H22N4O4. The van der Waals surface area contributed by atoms with Crippen molar-refractivity contribution in [2.45, 2.75) is 0 Å².